The average Bonchev–Trinajstić information content (AvgIpc) is 2.60. The summed E-state index contributed by atoms with van der Waals surface area (Å²) in [4.78, 5) is 0. The second-order valence-corrected chi connectivity index (χ2v) is 7.07. The zero-order valence-corrected chi connectivity index (χ0v) is 16.2. The second kappa shape index (κ2) is 7.19. The predicted molar refractivity (Wildman–Crippen MR) is 105 cm³/mol. The molecular formula is C20H16P2Rh. The molecule has 0 saturated heterocycles. The third-order valence-corrected chi connectivity index (χ3v) is 5.80. The van der Waals surface area contributed by atoms with E-state index < -0.39 is 0 Å². The van der Waals surface area contributed by atoms with Gasteiger partial charge in [-0.1, -0.05) is 87.1 Å². The number of fused-ring (bicyclic) bond motifs is 2. The zero-order chi connectivity index (χ0) is 14.9. The van der Waals surface area contributed by atoms with Crippen LogP contribution in [0.1, 0.15) is 0 Å². The Morgan fingerprint density at radius 1 is 0.609 bits per heavy atom. The normalized spacial score (nSPS) is 11.2. The minimum absolute atomic E-state index is 0. The second-order valence-electron chi connectivity index (χ2n) is 5.38. The summed E-state index contributed by atoms with van der Waals surface area (Å²) in [6.07, 6.45) is 0. The largest absolute Gasteiger partial charge is 0.110 e. The maximum absolute atomic E-state index is 2.89. The summed E-state index contributed by atoms with van der Waals surface area (Å²) in [7, 11) is 3.60. The van der Waals surface area contributed by atoms with Crippen LogP contribution in [0.15, 0.2) is 78.9 Å². The number of rotatable bonds is 2. The van der Waals surface area contributed by atoms with Gasteiger partial charge in [-0.05, 0) is 38.0 Å². The van der Waals surface area contributed by atoms with Gasteiger partial charge in [0.25, 0.3) is 0 Å². The molecule has 4 aromatic carbocycles. The Balaban J connectivity index is 0.00000156. The Morgan fingerprint density at radius 2 is 1.22 bits per heavy atom. The van der Waals surface area contributed by atoms with Gasteiger partial charge in [-0.2, -0.15) is 0 Å². The van der Waals surface area contributed by atoms with Crippen molar-refractivity contribution in [3.63, 3.8) is 0 Å². The van der Waals surface area contributed by atoms with Crippen molar-refractivity contribution in [2.45, 2.75) is 0 Å². The van der Waals surface area contributed by atoms with Gasteiger partial charge < -0.3 is 0 Å². The molecule has 0 bridgehead atoms. The molecule has 0 aliphatic heterocycles. The van der Waals surface area contributed by atoms with Gasteiger partial charge in [0.15, 0.2) is 0 Å². The fraction of sp³-hybridized carbons (Fsp3) is 0. The van der Waals surface area contributed by atoms with Crippen molar-refractivity contribution in [1.82, 2.24) is 0 Å². The standard InChI is InChI=1S/C20H16P2.Rh/c21-22-19-13-12-15-7-2-4-10-17(15)20(19)18-11-5-8-14-6-1-3-9-16(14)18;/h1-13,22H,21H2;. The minimum atomic E-state index is 0. The third kappa shape index (κ3) is 2.99. The molecule has 4 rings (SSSR count). The first-order chi connectivity index (χ1) is 10.9. The van der Waals surface area contributed by atoms with Gasteiger partial charge in [0.2, 0.25) is 0 Å². The van der Waals surface area contributed by atoms with Crippen molar-refractivity contribution in [1.29, 1.82) is 0 Å². The van der Waals surface area contributed by atoms with Crippen LogP contribution in [-0.4, -0.2) is 0 Å². The first-order valence-electron chi connectivity index (χ1n) is 7.35. The van der Waals surface area contributed by atoms with E-state index >= 15 is 0 Å². The molecule has 0 saturated carbocycles. The van der Waals surface area contributed by atoms with E-state index in [4.69, 9.17) is 0 Å². The fourth-order valence-corrected chi connectivity index (χ4v) is 4.44. The van der Waals surface area contributed by atoms with Crippen LogP contribution in [0.25, 0.3) is 32.7 Å². The quantitative estimate of drug-likeness (QED) is 0.286. The summed E-state index contributed by atoms with van der Waals surface area (Å²) in [5, 5.41) is 6.67. The molecule has 2 atom stereocenters. The Kier molecular flexibility index (Phi) is 5.23. The molecule has 0 aliphatic carbocycles. The van der Waals surface area contributed by atoms with Gasteiger partial charge >= 0.3 is 0 Å². The molecule has 0 heterocycles. The molecule has 0 N–H and O–H groups in total. The number of benzene rings is 4. The molecule has 115 valence electrons. The summed E-state index contributed by atoms with van der Waals surface area (Å²) in [6, 6.07) is 28.4. The molecule has 0 nitrogen and oxygen atoms in total. The first kappa shape index (κ1) is 16.7. The van der Waals surface area contributed by atoms with E-state index in [9.17, 15) is 0 Å². The molecule has 2 unspecified atom stereocenters. The van der Waals surface area contributed by atoms with E-state index in [0.717, 1.165) is 0 Å². The van der Waals surface area contributed by atoms with Gasteiger partial charge in [0.1, 0.15) is 0 Å². The Labute approximate surface area is 153 Å². The van der Waals surface area contributed by atoms with E-state index in [1.807, 2.05) is 0 Å². The van der Waals surface area contributed by atoms with Crippen LogP contribution in [0.2, 0.25) is 0 Å². The topological polar surface area (TPSA) is 0 Å². The summed E-state index contributed by atoms with van der Waals surface area (Å²) < 4.78 is 0. The zero-order valence-electron chi connectivity index (χ0n) is 12.4. The molecule has 0 fully saturated rings. The monoisotopic (exact) mass is 421 g/mol. The maximum atomic E-state index is 2.89. The molecule has 0 aliphatic rings. The molecule has 1 radical (unpaired) electrons. The van der Waals surface area contributed by atoms with Crippen molar-refractivity contribution in [2.75, 3.05) is 0 Å². The van der Waals surface area contributed by atoms with E-state index in [0.29, 0.717) is 8.27 Å². The molecule has 0 spiro atoms. The van der Waals surface area contributed by atoms with E-state index in [2.05, 4.69) is 87.8 Å². The number of hydrogen-bond acceptors (Lipinski definition) is 0. The van der Waals surface area contributed by atoms with Crippen LogP contribution in [-0.2, 0) is 19.5 Å². The van der Waals surface area contributed by atoms with Crippen LogP contribution in [0, 0.1) is 0 Å². The van der Waals surface area contributed by atoms with Gasteiger partial charge in [-0.15, -0.1) is 8.93 Å². The first-order valence-corrected chi connectivity index (χ1v) is 10.2. The van der Waals surface area contributed by atoms with Crippen LogP contribution >= 0.6 is 17.2 Å². The fourth-order valence-electron chi connectivity index (χ4n) is 3.13. The predicted octanol–water partition coefficient (Wildman–Crippen LogP) is 5.75. The molecular weight excluding hydrogens is 405 g/mol. The van der Waals surface area contributed by atoms with Gasteiger partial charge in [0.05, 0.1) is 0 Å². The van der Waals surface area contributed by atoms with Crippen LogP contribution in [0.5, 0.6) is 0 Å². The van der Waals surface area contributed by atoms with Crippen molar-refractivity contribution in [3.05, 3.63) is 78.9 Å². The summed E-state index contributed by atoms with van der Waals surface area (Å²) in [5.41, 5.74) is 2.71. The SMILES string of the molecule is PPc1ccc2ccccc2c1-c1cccc2ccccc12.[Rh]. The van der Waals surface area contributed by atoms with E-state index in [1.54, 1.807) is 0 Å². The molecule has 0 amide bonds. The number of hydrogen-bond donors (Lipinski definition) is 0. The Bertz CT molecular complexity index is 974. The summed E-state index contributed by atoms with van der Waals surface area (Å²) in [5.74, 6) is 0. The van der Waals surface area contributed by atoms with Gasteiger partial charge in [-0.25, -0.2) is 0 Å². The Morgan fingerprint density at radius 3 is 1.96 bits per heavy atom. The summed E-state index contributed by atoms with van der Waals surface area (Å²) in [6.45, 7) is 0. The van der Waals surface area contributed by atoms with Crippen LogP contribution in [0.4, 0.5) is 0 Å². The van der Waals surface area contributed by atoms with Crippen LogP contribution < -0.4 is 5.30 Å². The molecule has 23 heavy (non-hydrogen) atoms. The third-order valence-electron chi connectivity index (χ3n) is 4.14. The van der Waals surface area contributed by atoms with Crippen molar-refractivity contribution < 1.29 is 19.5 Å². The van der Waals surface area contributed by atoms with Crippen LogP contribution in [0.3, 0.4) is 0 Å². The van der Waals surface area contributed by atoms with Gasteiger partial charge in [-0.3, -0.25) is 0 Å². The summed E-state index contributed by atoms with van der Waals surface area (Å²) >= 11 is 0. The minimum Gasteiger partial charge on any atom is -0.110 e. The Hall–Kier alpha value is -1.12. The van der Waals surface area contributed by atoms with Gasteiger partial charge in [0, 0.05) is 19.5 Å². The molecule has 4 aromatic rings. The van der Waals surface area contributed by atoms with E-state index in [-0.39, 0.29) is 19.5 Å². The average molecular weight is 421 g/mol. The molecule has 3 heteroatoms. The maximum Gasteiger partial charge on any atom is 0 e. The van der Waals surface area contributed by atoms with E-state index in [1.165, 1.54) is 38.0 Å². The van der Waals surface area contributed by atoms with Crippen molar-refractivity contribution in [2.24, 2.45) is 0 Å². The van der Waals surface area contributed by atoms with Crippen molar-refractivity contribution in [3.8, 4) is 11.1 Å². The molecule has 0 aromatic heterocycles. The van der Waals surface area contributed by atoms with Crippen molar-refractivity contribution >= 4 is 44.0 Å². The smallest absolute Gasteiger partial charge is 0 e.